The molecule has 2 fully saturated rings. The fraction of sp³-hybridized carbons (Fsp3) is 0.706. The molecule has 1 amide bonds. The van der Waals surface area contributed by atoms with Crippen molar-refractivity contribution in [2.45, 2.75) is 49.3 Å². The Labute approximate surface area is 153 Å². The van der Waals surface area contributed by atoms with Gasteiger partial charge in [0.1, 0.15) is 10.3 Å². The maximum Gasteiger partial charge on any atom is 0.253 e. The number of ether oxygens (including phenoxy) is 1. The standard InChI is InChI=1S/C17H26N2O4S2/c1-13-5-8-16(24-13)25(21,22)19-10-2-4-15(19)17(20)18-9-3-11-23-12-14-6-7-14/h5,8,14-15H,2-4,6-7,9-12H2,1H3,(H,18,20). The van der Waals surface area contributed by atoms with Crippen LogP contribution in [0.1, 0.15) is 37.0 Å². The second-order valence-electron chi connectivity index (χ2n) is 6.80. The minimum absolute atomic E-state index is 0.198. The number of rotatable bonds is 9. The normalized spacial score (nSPS) is 21.6. The van der Waals surface area contributed by atoms with Gasteiger partial charge in [0.2, 0.25) is 5.91 Å². The Bertz CT molecular complexity index is 697. The number of thiophene rings is 1. The molecule has 1 aromatic rings. The molecule has 1 saturated heterocycles. The number of amides is 1. The molecule has 0 spiro atoms. The van der Waals surface area contributed by atoms with Crippen LogP contribution in [0.4, 0.5) is 0 Å². The van der Waals surface area contributed by atoms with E-state index in [0.29, 0.717) is 36.7 Å². The van der Waals surface area contributed by atoms with E-state index in [1.54, 1.807) is 12.1 Å². The van der Waals surface area contributed by atoms with E-state index in [9.17, 15) is 13.2 Å². The average molecular weight is 387 g/mol. The molecule has 3 rings (SSSR count). The first kappa shape index (κ1) is 18.8. The second-order valence-corrected chi connectivity index (χ2v) is 10.2. The summed E-state index contributed by atoms with van der Waals surface area (Å²) < 4.78 is 32.8. The topological polar surface area (TPSA) is 75.7 Å². The molecule has 0 radical (unpaired) electrons. The van der Waals surface area contributed by atoms with E-state index >= 15 is 0 Å². The van der Waals surface area contributed by atoms with Gasteiger partial charge in [-0.2, -0.15) is 4.31 Å². The summed E-state index contributed by atoms with van der Waals surface area (Å²) in [5.74, 6) is 0.546. The van der Waals surface area contributed by atoms with E-state index in [-0.39, 0.29) is 5.91 Å². The van der Waals surface area contributed by atoms with Gasteiger partial charge in [-0.05, 0) is 57.1 Å². The highest BCUT2D eigenvalue weighted by atomic mass is 32.2. The van der Waals surface area contributed by atoms with Gasteiger partial charge in [-0.15, -0.1) is 11.3 Å². The average Bonchev–Trinajstić information content (AvgIpc) is 3.08. The molecule has 8 heteroatoms. The number of carbonyl (C=O) groups excluding carboxylic acids is 1. The van der Waals surface area contributed by atoms with Gasteiger partial charge in [-0.25, -0.2) is 8.42 Å². The molecule has 25 heavy (non-hydrogen) atoms. The van der Waals surface area contributed by atoms with Crippen LogP contribution in [0.3, 0.4) is 0 Å². The molecular weight excluding hydrogens is 360 g/mol. The van der Waals surface area contributed by atoms with Gasteiger partial charge in [0.05, 0.1) is 0 Å². The summed E-state index contributed by atoms with van der Waals surface area (Å²) >= 11 is 1.25. The molecular formula is C17H26N2O4S2. The van der Waals surface area contributed by atoms with Crippen LogP contribution in [0.5, 0.6) is 0 Å². The molecule has 1 aliphatic heterocycles. The van der Waals surface area contributed by atoms with Crippen LogP contribution in [0, 0.1) is 12.8 Å². The van der Waals surface area contributed by atoms with E-state index in [2.05, 4.69) is 5.32 Å². The molecule has 1 unspecified atom stereocenters. The zero-order chi connectivity index (χ0) is 17.9. The Morgan fingerprint density at radius 1 is 1.36 bits per heavy atom. The van der Waals surface area contributed by atoms with Crippen LogP contribution in [0.25, 0.3) is 0 Å². The van der Waals surface area contributed by atoms with Crippen molar-refractivity contribution in [3.05, 3.63) is 17.0 Å². The van der Waals surface area contributed by atoms with Crippen molar-refractivity contribution in [3.63, 3.8) is 0 Å². The Morgan fingerprint density at radius 3 is 2.84 bits per heavy atom. The Morgan fingerprint density at radius 2 is 2.16 bits per heavy atom. The van der Waals surface area contributed by atoms with Gasteiger partial charge in [-0.1, -0.05) is 0 Å². The van der Waals surface area contributed by atoms with Crippen molar-refractivity contribution in [3.8, 4) is 0 Å². The van der Waals surface area contributed by atoms with Gasteiger partial charge in [0.15, 0.2) is 0 Å². The van der Waals surface area contributed by atoms with Crippen molar-refractivity contribution < 1.29 is 17.9 Å². The lowest BCUT2D eigenvalue weighted by molar-refractivity contribution is -0.124. The highest BCUT2D eigenvalue weighted by molar-refractivity contribution is 7.91. The first-order valence-corrected chi connectivity index (χ1v) is 11.2. The first-order chi connectivity index (χ1) is 12.0. The van der Waals surface area contributed by atoms with Crippen molar-refractivity contribution in [2.75, 3.05) is 26.3 Å². The Balaban J connectivity index is 1.49. The van der Waals surface area contributed by atoms with E-state index in [4.69, 9.17) is 4.74 Å². The van der Waals surface area contributed by atoms with Gasteiger partial charge in [-0.3, -0.25) is 4.79 Å². The van der Waals surface area contributed by atoms with Gasteiger partial charge >= 0.3 is 0 Å². The van der Waals surface area contributed by atoms with Gasteiger partial charge in [0.25, 0.3) is 10.0 Å². The lowest BCUT2D eigenvalue weighted by Gasteiger charge is -2.22. The quantitative estimate of drug-likeness (QED) is 0.660. The van der Waals surface area contributed by atoms with Crippen LogP contribution in [0.15, 0.2) is 16.3 Å². The fourth-order valence-electron chi connectivity index (χ4n) is 2.99. The van der Waals surface area contributed by atoms with Crippen LogP contribution < -0.4 is 5.32 Å². The molecule has 1 saturated carbocycles. The van der Waals surface area contributed by atoms with E-state index in [1.807, 2.05) is 6.92 Å². The van der Waals surface area contributed by atoms with Crippen LogP contribution in [-0.2, 0) is 19.6 Å². The lowest BCUT2D eigenvalue weighted by atomic mass is 10.2. The second kappa shape index (κ2) is 8.16. The van der Waals surface area contributed by atoms with Gasteiger partial charge in [0, 0.05) is 31.2 Å². The highest BCUT2D eigenvalue weighted by Gasteiger charge is 2.39. The van der Waals surface area contributed by atoms with Crippen molar-refractivity contribution in [1.29, 1.82) is 0 Å². The number of hydrogen-bond acceptors (Lipinski definition) is 5. The molecule has 6 nitrogen and oxygen atoms in total. The van der Waals surface area contributed by atoms with E-state index < -0.39 is 16.1 Å². The highest BCUT2D eigenvalue weighted by Crippen LogP contribution is 2.30. The summed E-state index contributed by atoms with van der Waals surface area (Å²) in [4.78, 5) is 13.4. The van der Waals surface area contributed by atoms with Crippen molar-refractivity contribution >= 4 is 27.3 Å². The minimum atomic E-state index is -3.59. The smallest absolute Gasteiger partial charge is 0.253 e. The largest absolute Gasteiger partial charge is 0.381 e. The van der Waals surface area contributed by atoms with Crippen LogP contribution >= 0.6 is 11.3 Å². The molecule has 1 N–H and O–H groups in total. The Hall–Kier alpha value is -0.960. The number of hydrogen-bond donors (Lipinski definition) is 1. The molecule has 1 atom stereocenters. The minimum Gasteiger partial charge on any atom is -0.381 e. The molecule has 0 aromatic carbocycles. The van der Waals surface area contributed by atoms with Crippen molar-refractivity contribution in [1.82, 2.24) is 9.62 Å². The summed E-state index contributed by atoms with van der Waals surface area (Å²) in [6, 6.07) is 2.82. The predicted octanol–water partition coefficient (Wildman–Crippen LogP) is 2.14. The summed E-state index contributed by atoms with van der Waals surface area (Å²) in [6.45, 7) is 4.26. The fourth-order valence-corrected chi connectivity index (χ4v) is 6.06. The monoisotopic (exact) mass is 386 g/mol. The van der Waals surface area contributed by atoms with Crippen LogP contribution in [0.2, 0.25) is 0 Å². The zero-order valence-corrected chi connectivity index (χ0v) is 16.2. The number of nitrogens with zero attached hydrogens (tertiary/aromatic N) is 1. The summed E-state index contributed by atoms with van der Waals surface area (Å²) in [7, 11) is -3.59. The van der Waals surface area contributed by atoms with E-state index in [1.165, 1.54) is 28.5 Å². The molecule has 2 heterocycles. The molecule has 1 aromatic heterocycles. The van der Waals surface area contributed by atoms with E-state index in [0.717, 1.165) is 23.8 Å². The number of aryl methyl sites for hydroxylation is 1. The lowest BCUT2D eigenvalue weighted by Crippen LogP contribution is -2.46. The maximum absolute atomic E-state index is 12.8. The Kier molecular flexibility index (Phi) is 6.14. The number of sulfonamides is 1. The summed E-state index contributed by atoms with van der Waals surface area (Å²) in [6.07, 6.45) is 4.58. The zero-order valence-electron chi connectivity index (χ0n) is 14.6. The summed E-state index contributed by atoms with van der Waals surface area (Å²) in [5.41, 5.74) is 0. The molecule has 140 valence electrons. The molecule has 2 aliphatic rings. The predicted molar refractivity (Wildman–Crippen MR) is 97.1 cm³/mol. The third-order valence-corrected chi connectivity index (χ3v) is 7.98. The third kappa shape index (κ3) is 4.81. The van der Waals surface area contributed by atoms with Crippen LogP contribution in [-0.4, -0.2) is 51.0 Å². The first-order valence-electron chi connectivity index (χ1n) is 8.92. The van der Waals surface area contributed by atoms with Crippen molar-refractivity contribution in [2.24, 2.45) is 5.92 Å². The van der Waals surface area contributed by atoms with Gasteiger partial charge < -0.3 is 10.1 Å². The number of carbonyl (C=O) groups is 1. The third-order valence-electron chi connectivity index (χ3n) is 4.60. The maximum atomic E-state index is 12.8. The SMILES string of the molecule is Cc1ccc(S(=O)(=O)N2CCCC2C(=O)NCCCOCC2CC2)s1. The number of nitrogens with one attached hydrogen (secondary N) is 1. The molecule has 1 aliphatic carbocycles. The molecule has 0 bridgehead atoms. The summed E-state index contributed by atoms with van der Waals surface area (Å²) in [5, 5.41) is 2.87.